The number of para-hydroxylation sites is 1. The van der Waals surface area contributed by atoms with Crippen molar-refractivity contribution in [1.82, 2.24) is 4.90 Å². The van der Waals surface area contributed by atoms with Gasteiger partial charge in [-0.1, -0.05) is 23.9 Å². The SMILES string of the molecule is CCOP(=O)(CCCN1C(=Cc2cc[n+](CCN(C)C)cc2)Sc2ccccc21)OCC.[Br-]. The highest BCUT2D eigenvalue weighted by molar-refractivity contribution is 8.03. The van der Waals surface area contributed by atoms with Crippen molar-refractivity contribution in [1.29, 1.82) is 0 Å². The number of benzene rings is 1. The van der Waals surface area contributed by atoms with Gasteiger partial charge in [-0.05, 0) is 58.1 Å². The Morgan fingerprint density at radius 2 is 1.76 bits per heavy atom. The molecular weight excluding hydrogens is 521 g/mol. The van der Waals surface area contributed by atoms with E-state index in [1.165, 1.54) is 21.2 Å². The molecule has 3 rings (SSSR count). The zero-order valence-corrected chi connectivity index (χ0v) is 23.2. The predicted molar refractivity (Wildman–Crippen MR) is 133 cm³/mol. The molecule has 0 saturated carbocycles. The molecule has 1 aromatic carbocycles. The Bertz CT molecular complexity index is 946. The lowest BCUT2D eigenvalue weighted by atomic mass is 10.2. The first-order valence-corrected chi connectivity index (χ1v) is 13.8. The van der Waals surface area contributed by atoms with E-state index in [-0.39, 0.29) is 17.0 Å². The zero-order chi connectivity index (χ0) is 23.0. The summed E-state index contributed by atoms with van der Waals surface area (Å²) in [7, 11) is 1.15. The van der Waals surface area contributed by atoms with Crippen molar-refractivity contribution < 1.29 is 35.2 Å². The molecule has 182 valence electrons. The van der Waals surface area contributed by atoms with Gasteiger partial charge in [0.2, 0.25) is 0 Å². The molecule has 0 unspecified atom stereocenters. The lowest BCUT2D eigenvalue weighted by Gasteiger charge is -2.22. The van der Waals surface area contributed by atoms with Gasteiger partial charge in [0.1, 0.15) is 0 Å². The number of thioether (sulfide) groups is 1. The van der Waals surface area contributed by atoms with E-state index in [9.17, 15) is 4.57 Å². The second-order valence-electron chi connectivity index (χ2n) is 7.90. The van der Waals surface area contributed by atoms with Crippen LogP contribution in [0.15, 0.2) is 58.7 Å². The van der Waals surface area contributed by atoms with E-state index in [4.69, 9.17) is 9.05 Å². The number of aromatic nitrogens is 1. The molecule has 2 heterocycles. The molecular formula is C24H35BrN3O3PS. The second-order valence-corrected chi connectivity index (χ2v) is 11.1. The van der Waals surface area contributed by atoms with Crippen LogP contribution in [0.1, 0.15) is 25.8 Å². The molecule has 1 aromatic heterocycles. The Balaban J connectivity index is 0.00000385. The number of hydrogen-bond acceptors (Lipinski definition) is 6. The Hall–Kier alpha value is -1.15. The van der Waals surface area contributed by atoms with E-state index >= 15 is 0 Å². The number of anilines is 1. The Morgan fingerprint density at radius 1 is 1.09 bits per heavy atom. The number of halogens is 1. The van der Waals surface area contributed by atoms with Crippen LogP contribution in [-0.2, 0) is 20.2 Å². The minimum absolute atomic E-state index is 0. The molecule has 0 aliphatic carbocycles. The molecule has 2 aromatic rings. The molecule has 0 atom stereocenters. The topological polar surface area (TPSA) is 45.9 Å². The van der Waals surface area contributed by atoms with Gasteiger partial charge in [0.25, 0.3) is 0 Å². The van der Waals surface area contributed by atoms with Crippen molar-refractivity contribution in [2.45, 2.75) is 31.7 Å². The van der Waals surface area contributed by atoms with Gasteiger partial charge in [-0.3, -0.25) is 4.57 Å². The molecule has 0 radical (unpaired) electrons. The summed E-state index contributed by atoms with van der Waals surface area (Å²) in [5.74, 6) is 0. The highest BCUT2D eigenvalue weighted by Crippen LogP contribution is 2.50. The van der Waals surface area contributed by atoms with Gasteiger partial charge in [0.05, 0.1) is 36.6 Å². The molecule has 0 saturated heterocycles. The maximum Gasteiger partial charge on any atom is 0.330 e. The van der Waals surface area contributed by atoms with Crippen molar-refractivity contribution in [2.75, 3.05) is 51.5 Å². The van der Waals surface area contributed by atoms with E-state index in [1.807, 2.05) is 13.8 Å². The number of hydrogen-bond donors (Lipinski definition) is 0. The molecule has 0 spiro atoms. The summed E-state index contributed by atoms with van der Waals surface area (Å²) in [4.78, 5) is 5.74. The van der Waals surface area contributed by atoms with E-state index in [0.29, 0.717) is 19.4 Å². The van der Waals surface area contributed by atoms with Crippen LogP contribution in [0.5, 0.6) is 0 Å². The summed E-state index contributed by atoms with van der Waals surface area (Å²) < 4.78 is 26.0. The van der Waals surface area contributed by atoms with Crippen molar-refractivity contribution in [3.8, 4) is 0 Å². The fraction of sp³-hybridized carbons (Fsp3) is 0.458. The summed E-state index contributed by atoms with van der Waals surface area (Å²) in [6.07, 6.45) is 7.64. The summed E-state index contributed by atoms with van der Waals surface area (Å²) in [6.45, 7) is 7.23. The molecule has 0 fully saturated rings. The van der Waals surface area contributed by atoms with Crippen LogP contribution >= 0.6 is 19.4 Å². The first kappa shape index (κ1) is 28.1. The average molecular weight is 557 g/mol. The summed E-state index contributed by atoms with van der Waals surface area (Å²) in [5.41, 5.74) is 2.36. The van der Waals surface area contributed by atoms with E-state index in [0.717, 1.165) is 26.1 Å². The van der Waals surface area contributed by atoms with Gasteiger partial charge in [0.15, 0.2) is 18.9 Å². The fourth-order valence-electron chi connectivity index (χ4n) is 3.55. The third kappa shape index (κ3) is 8.23. The van der Waals surface area contributed by atoms with Crippen LogP contribution in [0.3, 0.4) is 0 Å². The maximum absolute atomic E-state index is 12.8. The average Bonchev–Trinajstić information content (AvgIpc) is 3.10. The molecule has 6 nitrogen and oxygen atoms in total. The van der Waals surface area contributed by atoms with Crippen molar-refractivity contribution in [3.05, 3.63) is 59.4 Å². The first-order chi connectivity index (χ1) is 15.4. The molecule has 0 N–H and O–H groups in total. The van der Waals surface area contributed by atoms with Gasteiger partial charge in [0, 0.05) is 23.6 Å². The summed E-state index contributed by atoms with van der Waals surface area (Å²) in [6, 6.07) is 12.7. The van der Waals surface area contributed by atoms with Crippen LogP contribution in [-0.4, -0.2) is 51.5 Å². The Labute approximate surface area is 213 Å². The zero-order valence-electron chi connectivity index (χ0n) is 19.9. The first-order valence-electron chi connectivity index (χ1n) is 11.2. The minimum Gasteiger partial charge on any atom is -1.00 e. The number of nitrogens with zero attached hydrogens (tertiary/aromatic N) is 3. The van der Waals surface area contributed by atoms with Crippen molar-refractivity contribution in [2.24, 2.45) is 0 Å². The van der Waals surface area contributed by atoms with E-state index < -0.39 is 7.60 Å². The Morgan fingerprint density at radius 3 is 2.39 bits per heavy atom. The van der Waals surface area contributed by atoms with E-state index in [1.54, 1.807) is 11.8 Å². The maximum atomic E-state index is 12.8. The quantitative estimate of drug-likeness (QED) is 0.295. The van der Waals surface area contributed by atoms with Gasteiger partial charge < -0.3 is 35.8 Å². The van der Waals surface area contributed by atoms with Gasteiger partial charge >= 0.3 is 7.60 Å². The van der Waals surface area contributed by atoms with Crippen LogP contribution in [0, 0.1) is 0 Å². The highest BCUT2D eigenvalue weighted by Gasteiger charge is 2.27. The number of rotatable bonds is 12. The number of fused-ring (bicyclic) bond motifs is 1. The van der Waals surface area contributed by atoms with Crippen LogP contribution in [0.2, 0.25) is 0 Å². The Kier molecular flexibility index (Phi) is 11.6. The smallest absolute Gasteiger partial charge is 0.330 e. The molecule has 33 heavy (non-hydrogen) atoms. The van der Waals surface area contributed by atoms with Gasteiger partial charge in [-0.2, -0.15) is 0 Å². The summed E-state index contributed by atoms with van der Waals surface area (Å²) in [5, 5.41) is 1.18. The minimum atomic E-state index is -3.03. The van der Waals surface area contributed by atoms with Crippen LogP contribution in [0.25, 0.3) is 6.08 Å². The largest absolute Gasteiger partial charge is 1.00 e. The van der Waals surface area contributed by atoms with Crippen LogP contribution < -0.4 is 26.4 Å². The third-order valence-electron chi connectivity index (χ3n) is 5.11. The van der Waals surface area contributed by atoms with Crippen LogP contribution in [0.4, 0.5) is 5.69 Å². The fourth-order valence-corrected chi connectivity index (χ4v) is 6.34. The highest BCUT2D eigenvalue weighted by atomic mass is 79.9. The lowest BCUT2D eigenvalue weighted by Crippen LogP contribution is -3.00. The number of likely N-dealkylation sites (N-methyl/N-ethyl adjacent to an activating group) is 1. The van der Waals surface area contributed by atoms with Crippen molar-refractivity contribution >= 4 is 31.1 Å². The number of pyridine rings is 1. The standard InChI is InChI=1S/C24H35N3O3PS.BrH/c1-5-29-31(28,30-6-2)19-9-14-27-22-10-7-8-11-23(22)32-24(27)20-21-12-15-26(16-13-21)18-17-25(3)4;/h7-8,10-13,15-16,20H,5-6,9,14,17-19H2,1-4H3;1H/q+1;/p-1. The lowest BCUT2D eigenvalue weighted by molar-refractivity contribution is -0.696. The molecule has 1 aliphatic heterocycles. The molecule has 1 aliphatic rings. The third-order valence-corrected chi connectivity index (χ3v) is 8.39. The molecule has 0 bridgehead atoms. The van der Waals surface area contributed by atoms with Gasteiger partial charge in [-0.25, -0.2) is 4.57 Å². The van der Waals surface area contributed by atoms with E-state index in [2.05, 4.69) is 83.3 Å². The monoisotopic (exact) mass is 555 g/mol. The van der Waals surface area contributed by atoms with Crippen molar-refractivity contribution in [3.63, 3.8) is 0 Å². The summed E-state index contributed by atoms with van der Waals surface area (Å²) >= 11 is 1.78. The second kappa shape index (κ2) is 13.7. The molecule has 9 heteroatoms. The normalized spacial score (nSPS) is 14.6. The van der Waals surface area contributed by atoms with Gasteiger partial charge in [-0.15, -0.1) is 0 Å². The predicted octanol–water partition coefficient (Wildman–Crippen LogP) is 2.11. The molecule has 0 amide bonds.